The molecule has 0 unspecified atom stereocenters. The molecule has 0 N–H and O–H groups in total. The van der Waals surface area contributed by atoms with Gasteiger partial charge in [-0.05, 0) is 83.5 Å². The van der Waals surface area contributed by atoms with Crippen molar-refractivity contribution in [1.82, 2.24) is 0 Å². The summed E-state index contributed by atoms with van der Waals surface area (Å²) in [4.78, 5) is 13.3. The maximum Gasteiger partial charge on any atom is 0.0704 e. The van der Waals surface area contributed by atoms with Gasteiger partial charge in [0.1, 0.15) is 0 Å². The largest absolute Gasteiger partial charge is 0.265 e. The van der Waals surface area contributed by atoms with Gasteiger partial charge in [0.15, 0.2) is 0 Å². The molecule has 0 fully saturated rings. The van der Waals surface area contributed by atoms with E-state index in [9.17, 15) is 0 Å². The first-order chi connectivity index (χ1) is 16.1. The third-order valence-corrected chi connectivity index (χ3v) is 5.42. The first-order valence-electron chi connectivity index (χ1n) is 10.7. The summed E-state index contributed by atoms with van der Waals surface area (Å²) in [5.74, 6) is 0. The Labute approximate surface area is 195 Å². The molecule has 0 heterocycles. The Morgan fingerprint density at radius 1 is 0.818 bits per heavy atom. The van der Waals surface area contributed by atoms with Crippen molar-refractivity contribution < 1.29 is 0 Å². The molecule has 3 nitrogen and oxygen atoms in total. The van der Waals surface area contributed by atoms with E-state index in [1.807, 2.05) is 55.6 Å². The van der Waals surface area contributed by atoms with Crippen molar-refractivity contribution >= 4 is 36.1 Å². The summed E-state index contributed by atoms with van der Waals surface area (Å²) >= 11 is 0. The monoisotopic (exact) mass is 427 g/mol. The highest BCUT2D eigenvalue weighted by atomic mass is 14.8. The van der Waals surface area contributed by atoms with Crippen LogP contribution in [0.5, 0.6) is 0 Å². The Morgan fingerprint density at radius 3 is 2.06 bits per heavy atom. The quantitative estimate of drug-likeness (QED) is 0.359. The Kier molecular flexibility index (Phi) is 6.51. The summed E-state index contributed by atoms with van der Waals surface area (Å²) in [6.45, 7) is 13.5. The molecule has 1 aliphatic carbocycles. The van der Waals surface area contributed by atoms with Gasteiger partial charge in [-0.2, -0.15) is 0 Å². The number of hydrogen-bond acceptors (Lipinski definition) is 3. The zero-order chi connectivity index (χ0) is 23.2. The van der Waals surface area contributed by atoms with Gasteiger partial charge < -0.3 is 0 Å². The van der Waals surface area contributed by atoms with Crippen LogP contribution in [0.2, 0.25) is 0 Å². The van der Waals surface area contributed by atoms with Crippen molar-refractivity contribution in [2.75, 3.05) is 0 Å². The Hall–Kier alpha value is -4.37. The average Bonchev–Trinajstić information content (AvgIpc) is 2.85. The van der Waals surface area contributed by atoms with Crippen LogP contribution in [0, 0.1) is 6.92 Å². The Morgan fingerprint density at radius 2 is 1.48 bits per heavy atom. The van der Waals surface area contributed by atoms with Crippen LogP contribution < -0.4 is 0 Å². The van der Waals surface area contributed by atoms with Crippen molar-refractivity contribution in [2.24, 2.45) is 15.0 Å². The second-order valence-electron chi connectivity index (χ2n) is 7.76. The predicted octanol–water partition coefficient (Wildman–Crippen LogP) is 7.84. The molecule has 0 atom stereocenters. The van der Waals surface area contributed by atoms with Crippen LogP contribution in [-0.2, 0) is 0 Å². The van der Waals surface area contributed by atoms with E-state index in [0.29, 0.717) is 0 Å². The second-order valence-corrected chi connectivity index (χ2v) is 7.76. The summed E-state index contributed by atoms with van der Waals surface area (Å²) in [5.41, 5.74) is 9.75. The molecule has 0 saturated heterocycles. The summed E-state index contributed by atoms with van der Waals surface area (Å²) in [6, 6.07) is 22.5. The van der Waals surface area contributed by atoms with Crippen molar-refractivity contribution in [2.45, 2.75) is 6.92 Å². The zero-order valence-corrected chi connectivity index (χ0v) is 18.7. The molecule has 0 radical (unpaired) electrons. The number of aliphatic imine (C=N–C) groups is 3. The molecule has 0 bridgehead atoms. The van der Waals surface area contributed by atoms with Crippen LogP contribution >= 0.6 is 0 Å². The number of benzene rings is 3. The lowest BCUT2D eigenvalue weighted by Gasteiger charge is -2.09. The van der Waals surface area contributed by atoms with Crippen LogP contribution in [0.25, 0.3) is 17.2 Å². The minimum atomic E-state index is 0.822. The molecule has 0 amide bonds. The van der Waals surface area contributed by atoms with Gasteiger partial charge in [0, 0.05) is 6.21 Å². The van der Waals surface area contributed by atoms with Crippen molar-refractivity contribution in [3.05, 3.63) is 126 Å². The summed E-state index contributed by atoms with van der Waals surface area (Å²) in [5, 5.41) is 0. The molecule has 3 heteroatoms. The zero-order valence-electron chi connectivity index (χ0n) is 18.7. The van der Waals surface area contributed by atoms with Crippen LogP contribution in [0.15, 0.2) is 124 Å². The van der Waals surface area contributed by atoms with E-state index < -0.39 is 0 Å². The number of allylic oxidation sites excluding steroid dienone is 4. The maximum absolute atomic E-state index is 4.74. The fourth-order valence-electron chi connectivity index (χ4n) is 3.48. The molecule has 4 rings (SSSR count). The first-order valence-corrected chi connectivity index (χ1v) is 10.7. The molecule has 1 aliphatic rings. The minimum Gasteiger partial charge on any atom is -0.265 e. The van der Waals surface area contributed by atoms with E-state index in [1.165, 1.54) is 11.1 Å². The van der Waals surface area contributed by atoms with E-state index >= 15 is 0 Å². The van der Waals surface area contributed by atoms with Crippen molar-refractivity contribution in [1.29, 1.82) is 0 Å². The molecule has 0 spiro atoms. The molecule has 33 heavy (non-hydrogen) atoms. The minimum absolute atomic E-state index is 0.822. The maximum atomic E-state index is 4.74. The van der Waals surface area contributed by atoms with Crippen LogP contribution in [0.4, 0.5) is 11.4 Å². The molecule has 0 aliphatic heterocycles. The summed E-state index contributed by atoms with van der Waals surface area (Å²) in [7, 11) is 0. The smallest absolute Gasteiger partial charge is 0.0704 e. The van der Waals surface area contributed by atoms with Gasteiger partial charge in [-0.25, -0.2) is 4.99 Å². The third-order valence-electron chi connectivity index (χ3n) is 5.42. The second kappa shape index (κ2) is 9.84. The van der Waals surface area contributed by atoms with Crippen LogP contribution in [-0.4, -0.2) is 18.6 Å². The van der Waals surface area contributed by atoms with Gasteiger partial charge >= 0.3 is 0 Å². The van der Waals surface area contributed by atoms with Gasteiger partial charge in [0.05, 0.1) is 22.8 Å². The average molecular weight is 428 g/mol. The normalized spacial score (nSPS) is 14.5. The molecular formula is C30H25N3. The molecule has 160 valence electrons. The Bertz CT molecular complexity index is 1330. The van der Waals surface area contributed by atoms with Crippen LogP contribution in [0.1, 0.15) is 16.7 Å². The molecule has 0 aromatic heterocycles. The third kappa shape index (κ3) is 5.28. The number of nitrogens with zero attached hydrogens (tertiary/aromatic N) is 3. The summed E-state index contributed by atoms with van der Waals surface area (Å²) < 4.78 is 0. The predicted molar refractivity (Wildman–Crippen MR) is 143 cm³/mol. The van der Waals surface area contributed by atoms with E-state index in [-0.39, 0.29) is 0 Å². The lowest BCUT2D eigenvalue weighted by atomic mass is 10.0. The SMILES string of the molecule is C=Cc1ccc(-c2ccc(C=NC3=CC(=C)C(=Nc4ccc(N=C)cc4C)C=C3)cc2)cc1. The molecule has 0 saturated carbocycles. The van der Waals surface area contributed by atoms with Gasteiger partial charge in [-0.15, -0.1) is 0 Å². The van der Waals surface area contributed by atoms with E-state index in [1.54, 1.807) is 0 Å². The van der Waals surface area contributed by atoms with Crippen molar-refractivity contribution in [3.8, 4) is 11.1 Å². The lowest BCUT2D eigenvalue weighted by Crippen LogP contribution is -2.01. The van der Waals surface area contributed by atoms with Crippen molar-refractivity contribution in [3.63, 3.8) is 0 Å². The van der Waals surface area contributed by atoms with Crippen LogP contribution in [0.3, 0.4) is 0 Å². The fraction of sp³-hybridized carbons (Fsp3) is 0.0333. The number of rotatable bonds is 6. The lowest BCUT2D eigenvalue weighted by molar-refractivity contribution is 1.36. The number of hydrogen-bond donors (Lipinski definition) is 0. The van der Waals surface area contributed by atoms with Gasteiger partial charge in [0.25, 0.3) is 0 Å². The molecule has 3 aromatic carbocycles. The standard InChI is InChI=1S/C30H25N3/c1-5-23-6-10-25(11-7-23)26-12-8-24(9-13-26)20-32-28-15-17-30(22(3)19-28)33-29-16-14-27(31-4)18-21(29)2/h5-20H,1,3-4H2,2H3. The molecular weight excluding hydrogens is 402 g/mol. The van der Waals surface area contributed by atoms with E-state index in [2.05, 4.69) is 78.4 Å². The van der Waals surface area contributed by atoms with Gasteiger partial charge in [-0.3, -0.25) is 9.98 Å². The molecule has 3 aromatic rings. The number of aryl methyl sites for hydroxylation is 1. The van der Waals surface area contributed by atoms with E-state index in [4.69, 9.17) is 4.99 Å². The van der Waals surface area contributed by atoms with E-state index in [0.717, 1.165) is 45.0 Å². The van der Waals surface area contributed by atoms with Gasteiger partial charge in [-0.1, -0.05) is 67.8 Å². The highest BCUT2D eigenvalue weighted by molar-refractivity contribution is 6.12. The van der Waals surface area contributed by atoms with Gasteiger partial charge in [0.2, 0.25) is 0 Å². The fourth-order valence-corrected chi connectivity index (χ4v) is 3.48. The topological polar surface area (TPSA) is 37.1 Å². The Balaban J connectivity index is 1.45. The first kappa shape index (κ1) is 21.8. The summed E-state index contributed by atoms with van der Waals surface area (Å²) in [6.07, 6.45) is 9.56. The highest BCUT2D eigenvalue weighted by Crippen LogP contribution is 2.26. The highest BCUT2D eigenvalue weighted by Gasteiger charge is 2.08.